The van der Waals surface area contributed by atoms with E-state index >= 15 is 0 Å². The second kappa shape index (κ2) is 12.5. The number of nitrogens with one attached hydrogen (secondary N) is 2. The lowest BCUT2D eigenvalue weighted by Gasteiger charge is -2.21. The predicted octanol–water partition coefficient (Wildman–Crippen LogP) is 8.27. The van der Waals surface area contributed by atoms with Gasteiger partial charge in [0.15, 0.2) is 11.5 Å². The highest BCUT2D eigenvalue weighted by molar-refractivity contribution is 6.46. The highest BCUT2D eigenvalue weighted by Crippen LogP contribution is 2.46. The molecule has 2 amide bonds. The summed E-state index contributed by atoms with van der Waals surface area (Å²) in [5, 5.41) is 8.59. The summed E-state index contributed by atoms with van der Waals surface area (Å²) in [6.45, 7) is 0. The predicted molar refractivity (Wildman–Crippen MR) is 146 cm³/mol. The van der Waals surface area contributed by atoms with Crippen molar-refractivity contribution in [3.8, 4) is 11.5 Å². The Morgan fingerprint density at radius 3 is 1.86 bits per heavy atom. The lowest BCUT2D eigenvalue weighted by molar-refractivity contribution is -0.126. The van der Waals surface area contributed by atoms with Crippen LogP contribution >= 0.6 is 58.0 Å². The number of amides is 2. The maximum atomic E-state index is 13.6. The van der Waals surface area contributed by atoms with Crippen LogP contribution < -0.4 is 20.1 Å². The first-order valence-corrected chi connectivity index (χ1v) is 12.0. The van der Waals surface area contributed by atoms with E-state index < -0.39 is 17.7 Å². The average molecular weight is 604 g/mol. The van der Waals surface area contributed by atoms with Crippen LogP contribution in [0.25, 0.3) is 10.4 Å². The molecule has 2 N–H and O–H groups in total. The number of methoxy groups -OCH3 is 2. The van der Waals surface area contributed by atoms with E-state index in [1.165, 1.54) is 26.4 Å². The van der Waals surface area contributed by atoms with Crippen LogP contribution in [0.2, 0.25) is 25.1 Å². The van der Waals surface area contributed by atoms with Gasteiger partial charge < -0.3 is 20.1 Å². The summed E-state index contributed by atoms with van der Waals surface area (Å²) in [5.74, 6) is -3.01. The molecule has 0 aliphatic carbocycles. The SMILES string of the molecule is COc1c(Cl)cc(Cl)c(Cl)c1NC(=O)C(C(=O)Nc1c(Cl)c(N=[N+]=[N-])cc(Cl)c1OC)c1ccccc1. The van der Waals surface area contributed by atoms with Crippen LogP contribution in [0, 0.1) is 0 Å². The third kappa shape index (κ3) is 6.10. The molecule has 3 aromatic rings. The number of carbonyl (C=O) groups excluding carboxylic acids is 2. The second-order valence-electron chi connectivity index (χ2n) is 7.17. The Balaban J connectivity index is 2.09. The minimum atomic E-state index is -1.44. The molecule has 0 bridgehead atoms. The van der Waals surface area contributed by atoms with E-state index in [1.54, 1.807) is 30.3 Å². The molecule has 1 unspecified atom stereocenters. The van der Waals surface area contributed by atoms with Crippen LogP contribution in [0.15, 0.2) is 47.6 Å². The zero-order valence-corrected chi connectivity index (χ0v) is 22.8. The Hall–Kier alpha value is -3.04. The number of halogens is 5. The van der Waals surface area contributed by atoms with Crippen LogP contribution in [0.5, 0.6) is 11.5 Å². The zero-order chi connectivity index (χ0) is 27.3. The molecule has 3 aromatic carbocycles. The fourth-order valence-corrected chi connectivity index (χ4v) is 4.60. The summed E-state index contributed by atoms with van der Waals surface area (Å²) in [6, 6.07) is 10.8. The van der Waals surface area contributed by atoms with E-state index in [-0.39, 0.29) is 53.7 Å². The molecule has 0 radical (unpaired) electrons. The molecule has 1 atom stereocenters. The van der Waals surface area contributed by atoms with Crippen molar-refractivity contribution in [2.45, 2.75) is 5.92 Å². The summed E-state index contributed by atoms with van der Waals surface area (Å²) in [5.41, 5.74) is 8.98. The zero-order valence-electron chi connectivity index (χ0n) is 19.0. The van der Waals surface area contributed by atoms with Gasteiger partial charge in [-0.05, 0) is 23.2 Å². The molecule has 0 saturated carbocycles. The van der Waals surface area contributed by atoms with Crippen molar-refractivity contribution < 1.29 is 19.1 Å². The van der Waals surface area contributed by atoms with E-state index in [4.69, 9.17) is 73.0 Å². The topological polar surface area (TPSA) is 125 Å². The molecule has 0 aliphatic heterocycles. The standard InChI is InChI=1S/C23H16Cl5N5O4/c1-36-20-12(25)8-11(24)16(27)18(20)30-22(34)15(10-6-4-3-5-7-10)23(35)31-19-17(28)14(32-33-29)9-13(26)21(19)37-2/h3-9,15H,1-2H3,(H,30,34)(H,31,35). The molecule has 14 heteroatoms. The lowest BCUT2D eigenvalue weighted by Crippen LogP contribution is -2.32. The lowest BCUT2D eigenvalue weighted by atomic mass is 9.96. The summed E-state index contributed by atoms with van der Waals surface area (Å²) in [7, 11) is 2.64. The van der Waals surface area contributed by atoms with Crippen molar-refractivity contribution >= 4 is 86.9 Å². The van der Waals surface area contributed by atoms with Gasteiger partial charge in [-0.2, -0.15) is 0 Å². The maximum absolute atomic E-state index is 13.6. The first-order valence-electron chi connectivity index (χ1n) is 10.1. The molecular weight excluding hydrogens is 588 g/mol. The van der Waals surface area contributed by atoms with Gasteiger partial charge in [0.2, 0.25) is 11.8 Å². The number of anilines is 2. The van der Waals surface area contributed by atoms with E-state index in [9.17, 15) is 9.59 Å². The van der Waals surface area contributed by atoms with E-state index in [0.717, 1.165) is 0 Å². The molecule has 0 saturated heterocycles. The van der Waals surface area contributed by atoms with Gasteiger partial charge in [0.1, 0.15) is 17.3 Å². The van der Waals surface area contributed by atoms with Crippen molar-refractivity contribution in [2.24, 2.45) is 5.11 Å². The molecule has 0 heterocycles. The number of rotatable bonds is 8. The number of hydrogen-bond acceptors (Lipinski definition) is 5. The largest absolute Gasteiger partial charge is 0.493 e. The minimum Gasteiger partial charge on any atom is -0.493 e. The molecule has 37 heavy (non-hydrogen) atoms. The van der Waals surface area contributed by atoms with Crippen molar-refractivity contribution in [1.82, 2.24) is 0 Å². The fourth-order valence-electron chi connectivity index (χ4n) is 3.38. The summed E-state index contributed by atoms with van der Waals surface area (Å²) in [4.78, 5) is 29.8. The smallest absolute Gasteiger partial charge is 0.241 e. The Kier molecular flexibility index (Phi) is 9.62. The maximum Gasteiger partial charge on any atom is 0.241 e. The van der Waals surface area contributed by atoms with Gasteiger partial charge in [-0.25, -0.2) is 0 Å². The third-order valence-corrected chi connectivity index (χ3v) is 6.72. The van der Waals surface area contributed by atoms with Gasteiger partial charge in [0, 0.05) is 4.91 Å². The van der Waals surface area contributed by atoms with Crippen LogP contribution in [-0.2, 0) is 9.59 Å². The first kappa shape index (κ1) is 28.5. The summed E-state index contributed by atoms with van der Waals surface area (Å²) in [6.07, 6.45) is 0. The first-order chi connectivity index (χ1) is 17.6. The normalized spacial score (nSPS) is 11.2. The Morgan fingerprint density at radius 1 is 0.838 bits per heavy atom. The Bertz CT molecular complexity index is 1410. The van der Waals surface area contributed by atoms with Crippen LogP contribution in [0.4, 0.5) is 17.1 Å². The molecular formula is C23H16Cl5N5O4. The van der Waals surface area contributed by atoms with Crippen LogP contribution in [-0.4, -0.2) is 26.0 Å². The van der Waals surface area contributed by atoms with E-state index in [1.807, 2.05) is 0 Å². The minimum absolute atomic E-state index is 0.00420. The van der Waals surface area contributed by atoms with Crippen molar-refractivity contribution in [2.75, 3.05) is 24.9 Å². The second-order valence-corrected chi connectivity index (χ2v) is 9.15. The molecule has 0 aliphatic rings. The monoisotopic (exact) mass is 601 g/mol. The molecule has 0 aromatic heterocycles. The number of hydrogen-bond donors (Lipinski definition) is 2. The average Bonchev–Trinajstić information content (AvgIpc) is 2.86. The van der Waals surface area contributed by atoms with E-state index in [2.05, 4.69) is 20.7 Å². The van der Waals surface area contributed by atoms with Gasteiger partial charge in [0.25, 0.3) is 0 Å². The van der Waals surface area contributed by atoms with Crippen LogP contribution in [0.3, 0.4) is 0 Å². The molecule has 0 spiro atoms. The van der Waals surface area contributed by atoms with E-state index in [0.29, 0.717) is 5.56 Å². The quantitative estimate of drug-likeness (QED) is 0.0883. The number of benzene rings is 3. The highest BCUT2D eigenvalue weighted by Gasteiger charge is 2.32. The van der Waals surface area contributed by atoms with Gasteiger partial charge in [0.05, 0.1) is 45.0 Å². The molecule has 3 rings (SSSR count). The van der Waals surface area contributed by atoms with Crippen molar-refractivity contribution in [1.29, 1.82) is 0 Å². The van der Waals surface area contributed by atoms with Gasteiger partial charge in [-0.1, -0.05) is 93.5 Å². The Morgan fingerprint density at radius 2 is 1.35 bits per heavy atom. The van der Waals surface area contributed by atoms with Crippen LogP contribution in [0.1, 0.15) is 11.5 Å². The van der Waals surface area contributed by atoms with Gasteiger partial charge in [-0.15, -0.1) is 0 Å². The molecule has 9 nitrogen and oxygen atoms in total. The summed E-state index contributed by atoms with van der Waals surface area (Å²) >= 11 is 31.2. The number of carbonyl (C=O) groups is 2. The fraction of sp³-hybridized carbons (Fsp3) is 0.130. The van der Waals surface area contributed by atoms with Crippen molar-refractivity contribution in [3.63, 3.8) is 0 Å². The highest BCUT2D eigenvalue weighted by atomic mass is 35.5. The van der Waals surface area contributed by atoms with Crippen molar-refractivity contribution in [3.05, 3.63) is 83.6 Å². The number of nitrogens with zero attached hydrogens (tertiary/aromatic N) is 3. The third-order valence-electron chi connectivity index (χ3n) is 4.99. The summed E-state index contributed by atoms with van der Waals surface area (Å²) < 4.78 is 10.5. The molecule has 0 fully saturated rings. The van der Waals surface area contributed by atoms with Gasteiger partial charge >= 0.3 is 0 Å². The number of azide groups is 1. The number of ether oxygens (including phenoxy) is 2. The Labute approximate surface area is 236 Å². The molecule has 192 valence electrons. The van der Waals surface area contributed by atoms with Gasteiger partial charge in [-0.3, -0.25) is 9.59 Å².